The van der Waals surface area contributed by atoms with E-state index in [1.54, 1.807) is 6.07 Å². The Hall–Kier alpha value is -1.36. The summed E-state index contributed by atoms with van der Waals surface area (Å²) in [5.41, 5.74) is 2.16. The van der Waals surface area contributed by atoms with E-state index >= 15 is 0 Å². The second kappa shape index (κ2) is 4.63. The second-order valence-corrected chi connectivity index (χ2v) is 6.00. The Labute approximate surface area is 120 Å². The molecule has 0 saturated carbocycles. The topological polar surface area (TPSA) is 49.4 Å². The van der Waals surface area contributed by atoms with Crippen LogP contribution in [0.5, 0.6) is 0 Å². The van der Waals surface area contributed by atoms with Crippen LogP contribution in [-0.2, 0) is 4.79 Å². The molecule has 1 saturated heterocycles. The van der Waals surface area contributed by atoms with E-state index in [0.29, 0.717) is 11.3 Å². The Morgan fingerprint density at radius 1 is 1.42 bits per heavy atom. The second-order valence-electron chi connectivity index (χ2n) is 5.14. The van der Waals surface area contributed by atoms with E-state index in [1.807, 2.05) is 6.07 Å². The number of carbonyl (C=O) groups excluding carboxylic acids is 2. The number of fused-ring (bicyclic) bond motifs is 1. The van der Waals surface area contributed by atoms with Crippen LogP contribution in [0.3, 0.4) is 0 Å². The number of hydrogen-bond acceptors (Lipinski definition) is 3. The summed E-state index contributed by atoms with van der Waals surface area (Å²) in [5, 5.41) is 2.63. The molecule has 100 valence electrons. The molecule has 19 heavy (non-hydrogen) atoms. The molecule has 2 aliphatic heterocycles. The zero-order chi connectivity index (χ0) is 13.6. The van der Waals surface area contributed by atoms with Gasteiger partial charge < -0.3 is 10.2 Å². The van der Waals surface area contributed by atoms with Gasteiger partial charge in [0.1, 0.15) is 0 Å². The Morgan fingerprint density at radius 3 is 2.89 bits per heavy atom. The highest BCUT2D eigenvalue weighted by atomic mass is 79.9. The summed E-state index contributed by atoms with van der Waals surface area (Å²) >= 11 is 3.52. The molecule has 1 fully saturated rings. The standard InChI is InChI=1S/C14H15BrN2O2/c1-2-8-3-4-17(7-8)12-6-11-9(5-10(12)15)13(18)14(19)16-11/h5-6,8H,2-4,7H2,1H3,(H,16,18,19). The van der Waals surface area contributed by atoms with Crippen molar-refractivity contribution in [2.24, 2.45) is 5.92 Å². The lowest BCUT2D eigenvalue weighted by atomic mass is 10.1. The molecule has 2 aliphatic rings. The molecule has 1 N–H and O–H groups in total. The summed E-state index contributed by atoms with van der Waals surface area (Å²) in [6, 6.07) is 3.66. The predicted molar refractivity (Wildman–Crippen MR) is 77.7 cm³/mol. The van der Waals surface area contributed by atoms with Gasteiger partial charge in [-0.05, 0) is 40.4 Å². The first-order valence-electron chi connectivity index (χ1n) is 6.54. The van der Waals surface area contributed by atoms with Crippen molar-refractivity contribution >= 4 is 39.0 Å². The lowest BCUT2D eigenvalue weighted by Gasteiger charge is -2.21. The van der Waals surface area contributed by atoms with Crippen LogP contribution >= 0.6 is 15.9 Å². The molecule has 3 rings (SSSR count). The molecule has 1 aromatic rings. The third kappa shape index (κ3) is 2.06. The Morgan fingerprint density at radius 2 is 2.21 bits per heavy atom. The van der Waals surface area contributed by atoms with E-state index in [9.17, 15) is 9.59 Å². The van der Waals surface area contributed by atoms with Gasteiger partial charge >= 0.3 is 0 Å². The molecule has 5 heteroatoms. The van der Waals surface area contributed by atoms with Crippen molar-refractivity contribution in [3.8, 4) is 0 Å². The van der Waals surface area contributed by atoms with Crippen LogP contribution in [0, 0.1) is 5.92 Å². The number of ketones is 1. The Kier molecular flexibility index (Phi) is 3.09. The average molecular weight is 323 g/mol. The van der Waals surface area contributed by atoms with E-state index in [0.717, 1.165) is 29.2 Å². The molecule has 0 aliphatic carbocycles. The fourth-order valence-electron chi connectivity index (χ4n) is 2.78. The van der Waals surface area contributed by atoms with Gasteiger partial charge in [-0.25, -0.2) is 0 Å². The molecule has 1 atom stereocenters. The van der Waals surface area contributed by atoms with Crippen LogP contribution < -0.4 is 10.2 Å². The number of anilines is 2. The zero-order valence-corrected chi connectivity index (χ0v) is 12.3. The highest BCUT2D eigenvalue weighted by molar-refractivity contribution is 9.10. The van der Waals surface area contributed by atoms with Crippen LogP contribution in [0.1, 0.15) is 30.1 Å². The molecule has 2 heterocycles. The number of halogens is 1. The van der Waals surface area contributed by atoms with E-state index in [2.05, 4.69) is 33.1 Å². The number of nitrogens with one attached hydrogen (secondary N) is 1. The zero-order valence-electron chi connectivity index (χ0n) is 10.7. The van der Waals surface area contributed by atoms with Crippen LogP contribution in [-0.4, -0.2) is 24.8 Å². The van der Waals surface area contributed by atoms with Crippen LogP contribution in [0.4, 0.5) is 11.4 Å². The number of hydrogen-bond donors (Lipinski definition) is 1. The first kappa shape index (κ1) is 12.7. The molecule has 0 spiro atoms. The molecule has 4 nitrogen and oxygen atoms in total. The van der Waals surface area contributed by atoms with Crippen molar-refractivity contribution < 1.29 is 9.59 Å². The summed E-state index contributed by atoms with van der Waals surface area (Å²) in [7, 11) is 0. The molecule has 1 amide bonds. The molecular weight excluding hydrogens is 308 g/mol. The molecular formula is C14H15BrN2O2. The molecule has 1 unspecified atom stereocenters. The van der Waals surface area contributed by atoms with Crippen LogP contribution in [0.2, 0.25) is 0 Å². The number of amides is 1. The quantitative estimate of drug-likeness (QED) is 0.852. The summed E-state index contributed by atoms with van der Waals surface area (Å²) in [6.07, 6.45) is 2.39. The van der Waals surface area contributed by atoms with Crippen LogP contribution in [0.15, 0.2) is 16.6 Å². The smallest absolute Gasteiger partial charge is 0.296 e. The van der Waals surface area contributed by atoms with E-state index in [4.69, 9.17) is 0 Å². The maximum Gasteiger partial charge on any atom is 0.296 e. The van der Waals surface area contributed by atoms with Gasteiger partial charge in [0.25, 0.3) is 11.7 Å². The molecule has 1 aromatic carbocycles. The minimum Gasteiger partial charge on any atom is -0.370 e. The average Bonchev–Trinajstić information content (AvgIpc) is 2.96. The van der Waals surface area contributed by atoms with Gasteiger partial charge in [0.15, 0.2) is 0 Å². The highest BCUT2D eigenvalue weighted by Gasteiger charge is 2.31. The van der Waals surface area contributed by atoms with Crippen molar-refractivity contribution in [1.82, 2.24) is 0 Å². The first-order chi connectivity index (χ1) is 9.10. The third-order valence-corrected chi connectivity index (χ3v) is 4.63. The van der Waals surface area contributed by atoms with E-state index in [1.165, 1.54) is 12.8 Å². The SMILES string of the molecule is CCC1CCN(c2cc3c(cc2Br)C(=O)C(=O)N3)C1. The number of benzene rings is 1. The van der Waals surface area contributed by atoms with Gasteiger partial charge in [0, 0.05) is 17.6 Å². The Bertz CT molecular complexity index is 571. The first-order valence-corrected chi connectivity index (χ1v) is 7.33. The Balaban J connectivity index is 1.95. The summed E-state index contributed by atoms with van der Waals surface area (Å²) in [4.78, 5) is 25.3. The van der Waals surface area contributed by atoms with Crippen LogP contribution in [0.25, 0.3) is 0 Å². The molecule has 0 aromatic heterocycles. The van der Waals surface area contributed by atoms with Crippen molar-refractivity contribution in [3.63, 3.8) is 0 Å². The van der Waals surface area contributed by atoms with Crippen molar-refractivity contribution in [2.75, 3.05) is 23.3 Å². The lowest BCUT2D eigenvalue weighted by molar-refractivity contribution is -0.112. The lowest BCUT2D eigenvalue weighted by Crippen LogP contribution is -2.20. The summed E-state index contributed by atoms with van der Waals surface area (Å²) < 4.78 is 0.882. The highest BCUT2D eigenvalue weighted by Crippen LogP contribution is 2.37. The minimum atomic E-state index is -0.535. The van der Waals surface area contributed by atoms with Gasteiger partial charge in [-0.2, -0.15) is 0 Å². The van der Waals surface area contributed by atoms with Gasteiger partial charge in [-0.1, -0.05) is 13.3 Å². The van der Waals surface area contributed by atoms with Gasteiger partial charge in [-0.15, -0.1) is 0 Å². The predicted octanol–water partition coefficient (Wildman–Crippen LogP) is 2.82. The van der Waals surface area contributed by atoms with Crippen molar-refractivity contribution in [2.45, 2.75) is 19.8 Å². The van der Waals surface area contributed by atoms with Crippen molar-refractivity contribution in [3.05, 3.63) is 22.2 Å². The summed E-state index contributed by atoms with van der Waals surface area (Å²) in [5.74, 6) is -0.251. The number of carbonyl (C=O) groups is 2. The van der Waals surface area contributed by atoms with Gasteiger partial charge in [0.2, 0.25) is 0 Å². The van der Waals surface area contributed by atoms with Gasteiger partial charge in [-0.3, -0.25) is 9.59 Å². The number of nitrogens with zero attached hydrogens (tertiary/aromatic N) is 1. The molecule has 0 bridgehead atoms. The maximum absolute atomic E-state index is 11.6. The van der Waals surface area contributed by atoms with E-state index < -0.39 is 11.7 Å². The number of Topliss-reactive ketones (excluding diaryl/α,β-unsaturated/α-hetero) is 1. The molecule has 0 radical (unpaired) electrons. The monoisotopic (exact) mass is 322 g/mol. The summed E-state index contributed by atoms with van der Waals surface area (Å²) in [6.45, 7) is 4.28. The minimum absolute atomic E-state index is 0.449. The fourth-order valence-corrected chi connectivity index (χ4v) is 3.38. The largest absolute Gasteiger partial charge is 0.370 e. The maximum atomic E-state index is 11.6. The fraction of sp³-hybridized carbons (Fsp3) is 0.429. The van der Waals surface area contributed by atoms with Crippen molar-refractivity contribution in [1.29, 1.82) is 0 Å². The number of rotatable bonds is 2. The van der Waals surface area contributed by atoms with E-state index in [-0.39, 0.29) is 0 Å². The normalized spacial score (nSPS) is 21.8. The third-order valence-electron chi connectivity index (χ3n) is 3.99. The van der Waals surface area contributed by atoms with Gasteiger partial charge in [0.05, 0.1) is 16.9 Å².